The lowest BCUT2D eigenvalue weighted by Gasteiger charge is -2.30. The monoisotopic (exact) mass is 208 g/mol. The van der Waals surface area contributed by atoms with Crippen LogP contribution in [0.25, 0.3) is 0 Å². The summed E-state index contributed by atoms with van der Waals surface area (Å²) in [7, 11) is -1.53. The molecule has 0 aliphatic carbocycles. The molecule has 0 radical (unpaired) electrons. The Morgan fingerprint density at radius 1 is 1.54 bits per heavy atom. The van der Waals surface area contributed by atoms with Gasteiger partial charge in [0.25, 0.3) is 0 Å². The van der Waals surface area contributed by atoms with E-state index >= 15 is 0 Å². The van der Waals surface area contributed by atoms with Crippen molar-refractivity contribution in [3.05, 3.63) is 0 Å². The van der Waals surface area contributed by atoms with E-state index in [9.17, 15) is 8.42 Å². The number of ether oxygens (including phenoxy) is 1. The van der Waals surface area contributed by atoms with Gasteiger partial charge < -0.3 is 10.1 Å². The van der Waals surface area contributed by atoms with Crippen LogP contribution < -0.4 is 10.0 Å². The Kier molecular flexibility index (Phi) is 3.66. The Morgan fingerprint density at radius 3 is 2.77 bits per heavy atom. The smallest absolute Gasteiger partial charge is 0.209 e. The van der Waals surface area contributed by atoms with Gasteiger partial charge >= 0.3 is 0 Å². The summed E-state index contributed by atoms with van der Waals surface area (Å²) < 4.78 is 29.7. The van der Waals surface area contributed by atoms with Crippen molar-refractivity contribution >= 4 is 10.0 Å². The molecule has 0 amide bonds. The molecule has 0 aromatic carbocycles. The first-order valence-corrected chi connectivity index (χ1v) is 6.13. The second-order valence-corrected chi connectivity index (χ2v) is 5.04. The van der Waals surface area contributed by atoms with E-state index in [1.54, 1.807) is 7.11 Å². The van der Waals surface area contributed by atoms with E-state index in [0.29, 0.717) is 6.54 Å². The topological polar surface area (TPSA) is 67.4 Å². The van der Waals surface area contributed by atoms with Crippen LogP contribution in [-0.4, -0.2) is 47.0 Å². The Morgan fingerprint density at radius 2 is 2.23 bits per heavy atom. The van der Waals surface area contributed by atoms with Crippen LogP contribution in [0.3, 0.4) is 0 Å². The van der Waals surface area contributed by atoms with E-state index in [1.165, 1.54) is 0 Å². The molecular formula is C7H16N2O3S. The molecule has 2 atom stereocenters. The molecule has 6 heteroatoms. The van der Waals surface area contributed by atoms with Crippen molar-refractivity contribution in [3.8, 4) is 0 Å². The molecule has 1 fully saturated rings. The zero-order valence-corrected chi connectivity index (χ0v) is 8.73. The lowest BCUT2D eigenvalue weighted by atomic mass is 10.1. The highest BCUT2D eigenvalue weighted by Crippen LogP contribution is 2.07. The van der Waals surface area contributed by atoms with Crippen LogP contribution in [0.15, 0.2) is 0 Å². The standard InChI is InChI=1S/C7H16N2O3S/c1-12-7-3-4-8-5-6(7)9-13(2,10)11/h6-9H,3-5H2,1-2H3. The highest BCUT2D eigenvalue weighted by Gasteiger charge is 2.26. The fraction of sp³-hybridized carbons (Fsp3) is 1.00. The largest absolute Gasteiger partial charge is 0.380 e. The van der Waals surface area contributed by atoms with Gasteiger partial charge in [-0.1, -0.05) is 0 Å². The Labute approximate surface area is 78.9 Å². The Bertz CT molecular complexity index is 252. The summed E-state index contributed by atoms with van der Waals surface area (Å²) in [6.45, 7) is 1.51. The minimum atomic E-state index is -3.14. The minimum absolute atomic E-state index is 0.0176. The SMILES string of the molecule is COC1CCNCC1NS(C)(=O)=O. The molecule has 0 aromatic rings. The fourth-order valence-electron chi connectivity index (χ4n) is 1.51. The van der Waals surface area contributed by atoms with Crippen LogP contribution in [0.4, 0.5) is 0 Å². The third-order valence-corrected chi connectivity index (χ3v) is 2.82. The quantitative estimate of drug-likeness (QED) is 0.618. The van der Waals surface area contributed by atoms with Gasteiger partial charge in [-0.25, -0.2) is 13.1 Å². The summed E-state index contributed by atoms with van der Waals surface area (Å²) >= 11 is 0. The van der Waals surface area contributed by atoms with Gasteiger partial charge in [-0.15, -0.1) is 0 Å². The predicted molar refractivity (Wildman–Crippen MR) is 50.1 cm³/mol. The maximum Gasteiger partial charge on any atom is 0.209 e. The highest BCUT2D eigenvalue weighted by molar-refractivity contribution is 7.88. The van der Waals surface area contributed by atoms with Gasteiger partial charge in [0.2, 0.25) is 10.0 Å². The number of sulfonamides is 1. The van der Waals surface area contributed by atoms with Crippen molar-refractivity contribution in [2.75, 3.05) is 26.5 Å². The summed E-state index contributed by atoms with van der Waals surface area (Å²) in [5.74, 6) is 0. The minimum Gasteiger partial charge on any atom is -0.380 e. The van der Waals surface area contributed by atoms with Crippen LogP contribution in [0.2, 0.25) is 0 Å². The molecule has 5 nitrogen and oxygen atoms in total. The zero-order valence-electron chi connectivity index (χ0n) is 7.91. The summed E-state index contributed by atoms with van der Waals surface area (Å²) in [5.41, 5.74) is 0. The second-order valence-electron chi connectivity index (χ2n) is 3.26. The normalized spacial score (nSPS) is 30.3. The van der Waals surface area contributed by atoms with E-state index in [2.05, 4.69) is 10.0 Å². The van der Waals surface area contributed by atoms with Gasteiger partial charge in [0.1, 0.15) is 0 Å². The molecule has 0 spiro atoms. The molecule has 2 unspecified atom stereocenters. The van der Waals surface area contributed by atoms with Gasteiger partial charge in [-0.05, 0) is 13.0 Å². The summed E-state index contributed by atoms with van der Waals surface area (Å²) in [4.78, 5) is 0. The van der Waals surface area contributed by atoms with Crippen LogP contribution in [0.5, 0.6) is 0 Å². The van der Waals surface area contributed by atoms with Gasteiger partial charge in [-0.2, -0.15) is 0 Å². The third-order valence-electron chi connectivity index (χ3n) is 2.09. The van der Waals surface area contributed by atoms with Crippen molar-refractivity contribution in [1.29, 1.82) is 0 Å². The first-order valence-electron chi connectivity index (χ1n) is 4.24. The van der Waals surface area contributed by atoms with Gasteiger partial charge in [0, 0.05) is 13.7 Å². The van der Waals surface area contributed by atoms with Crippen LogP contribution >= 0.6 is 0 Å². The first-order chi connectivity index (χ1) is 6.03. The molecule has 0 aromatic heterocycles. The number of hydrogen-bond donors (Lipinski definition) is 2. The number of piperidine rings is 1. The Hall–Kier alpha value is -0.170. The molecule has 1 heterocycles. The maximum atomic E-state index is 11.0. The number of rotatable bonds is 3. The average Bonchev–Trinajstić information content (AvgIpc) is 2.02. The van der Waals surface area contributed by atoms with Crippen LogP contribution in [-0.2, 0) is 14.8 Å². The van der Waals surface area contributed by atoms with E-state index in [-0.39, 0.29) is 12.1 Å². The van der Waals surface area contributed by atoms with Crippen LogP contribution in [0, 0.1) is 0 Å². The predicted octanol–water partition coefficient (Wildman–Crippen LogP) is -1.09. The molecular weight excluding hydrogens is 192 g/mol. The molecule has 1 aliphatic rings. The zero-order chi connectivity index (χ0) is 9.90. The fourth-order valence-corrected chi connectivity index (χ4v) is 2.29. The molecule has 1 aliphatic heterocycles. The molecule has 2 N–H and O–H groups in total. The maximum absolute atomic E-state index is 11.0. The van der Waals surface area contributed by atoms with Crippen molar-refractivity contribution in [3.63, 3.8) is 0 Å². The van der Waals surface area contributed by atoms with Crippen LogP contribution in [0.1, 0.15) is 6.42 Å². The second kappa shape index (κ2) is 4.36. The molecule has 1 rings (SSSR count). The van der Waals surface area contributed by atoms with Gasteiger partial charge in [-0.3, -0.25) is 0 Å². The van der Waals surface area contributed by atoms with E-state index in [4.69, 9.17) is 4.74 Å². The lowest BCUT2D eigenvalue weighted by Crippen LogP contribution is -2.54. The summed E-state index contributed by atoms with van der Waals surface area (Å²) in [6, 6.07) is -0.145. The van der Waals surface area contributed by atoms with E-state index < -0.39 is 10.0 Å². The highest BCUT2D eigenvalue weighted by atomic mass is 32.2. The van der Waals surface area contributed by atoms with Gasteiger partial charge in [0.15, 0.2) is 0 Å². The third kappa shape index (κ3) is 3.60. The number of methoxy groups -OCH3 is 1. The Balaban J connectivity index is 2.55. The van der Waals surface area contributed by atoms with E-state index in [1.807, 2.05) is 0 Å². The average molecular weight is 208 g/mol. The van der Waals surface area contributed by atoms with Gasteiger partial charge in [0.05, 0.1) is 18.4 Å². The summed E-state index contributed by atoms with van der Waals surface area (Å²) in [6.07, 6.45) is 1.98. The molecule has 0 saturated carbocycles. The molecule has 0 bridgehead atoms. The molecule has 13 heavy (non-hydrogen) atoms. The molecule has 1 saturated heterocycles. The van der Waals surface area contributed by atoms with E-state index in [0.717, 1.165) is 19.2 Å². The van der Waals surface area contributed by atoms with Crippen molar-refractivity contribution in [2.45, 2.75) is 18.6 Å². The first kappa shape index (κ1) is 10.9. The van der Waals surface area contributed by atoms with Crippen molar-refractivity contribution in [2.24, 2.45) is 0 Å². The summed E-state index contributed by atoms with van der Waals surface area (Å²) in [5, 5.41) is 3.11. The number of hydrogen-bond acceptors (Lipinski definition) is 4. The molecule has 78 valence electrons. The lowest BCUT2D eigenvalue weighted by molar-refractivity contribution is 0.0556. The van der Waals surface area contributed by atoms with Crippen molar-refractivity contribution < 1.29 is 13.2 Å². The van der Waals surface area contributed by atoms with Crippen molar-refractivity contribution in [1.82, 2.24) is 10.0 Å². The number of nitrogens with one attached hydrogen (secondary N) is 2.